The van der Waals surface area contributed by atoms with E-state index in [0.717, 1.165) is 37.2 Å². The molecular weight excluding hydrogens is 336 g/mol. The van der Waals surface area contributed by atoms with Gasteiger partial charge in [-0.3, -0.25) is 4.79 Å². The van der Waals surface area contributed by atoms with Gasteiger partial charge in [0, 0.05) is 29.9 Å². The van der Waals surface area contributed by atoms with Crippen LogP contribution in [-0.4, -0.2) is 33.9 Å². The first kappa shape index (κ1) is 19.2. The quantitative estimate of drug-likeness (QED) is 0.773. The highest BCUT2D eigenvalue weighted by molar-refractivity contribution is 6.30. The smallest absolute Gasteiger partial charge is 0.272 e. The zero-order valence-electron chi connectivity index (χ0n) is 15.3. The molecule has 0 aliphatic heterocycles. The van der Waals surface area contributed by atoms with Crippen molar-refractivity contribution in [3.8, 4) is 0 Å². The molecule has 0 fully saturated rings. The predicted molar refractivity (Wildman–Crippen MR) is 103 cm³/mol. The van der Waals surface area contributed by atoms with Gasteiger partial charge in [0.25, 0.3) is 5.91 Å². The van der Waals surface area contributed by atoms with Crippen LogP contribution in [0, 0.1) is 13.8 Å². The van der Waals surface area contributed by atoms with E-state index in [-0.39, 0.29) is 5.91 Å². The fourth-order valence-corrected chi connectivity index (χ4v) is 2.89. The van der Waals surface area contributed by atoms with Crippen LogP contribution in [0.15, 0.2) is 24.3 Å². The Bertz CT molecular complexity index is 742. The van der Waals surface area contributed by atoms with E-state index in [1.165, 1.54) is 0 Å². The van der Waals surface area contributed by atoms with Crippen LogP contribution in [0.25, 0.3) is 0 Å². The lowest BCUT2D eigenvalue weighted by molar-refractivity contribution is 0.0749. The molecule has 1 aromatic carbocycles. The number of amides is 1. The minimum atomic E-state index is -0.0509. The number of halogens is 1. The average Bonchev–Trinajstić information content (AvgIpc) is 2.56. The molecule has 0 aliphatic rings. The third kappa shape index (κ3) is 5.16. The molecule has 6 heteroatoms. The number of anilines is 2. The number of nitrogens with zero attached hydrogens (tertiary/aromatic N) is 3. The largest absolute Gasteiger partial charge is 0.340 e. The first-order valence-corrected chi connectivity index (χ1v) is 9.00. The fourth-order valence-electron chi connectivity index (χ4n) is 2.66. The van der Waals surface area contributed by atoms with Crippen molar-refractivity contribution < 1.29 is 4.79 Å². The Hall–Kier alpha value is -2.14. The van der Waals surface area contributed by atoms with Gasteiger partial charge in [0.15, 0.2) is 0 Å². The summed E-state index contributed by atoms with van der Waals surface area (Å²) in [6.45, 7) is 9.36. The van der Waals surface area contributed by atoms with E-state index in [1.807, 2.05) is 30.0 Å². The Labute approximate surface area is 154 Å². The van der Waals surface area contributed by atoms with E-state index in [1.54, 1.807) is 13.0 Å². The van der Waals surface area contributed by atoms with E-state index < -0.39 is 0 Å². The van der Waals surface area contributed by atoms with Crippen molar-refractivity contribution in [3.05, 3.63) is 46.4 Å². The highest BCUT2D eigenvalue weighted by Crippen LogP contribution is 2.23. The molecule has 1 heterocycles. The standard InChI is InChI=1S/C19H25ClN4O/c1-5-9-24(10-6-2)19(25)17-12-18(22-14(4)21-17)23-16-8-7-15(20)11-13(16)3/h7-8,11-12H,5-6,9-10H2,1-4H3,(H,21,22,23). The van der Waals surface area contributed by atoms with Crippen LogP contribution in [0.5, 0.6) is 0 Å². The van der Waals surface area contributed by atoms with Crippen molar-refractivity contribution in [2.45, 2.75) is 40.5 Å². The molecule has 2 aromatic rings. The summed E-state index contributed by atoms with van der Waals surface area (Å²) in [4.78, 5) is 23.4. The third-order valence-electron chi connectivity index (χ3n) is 3.78. The van der Waals surface area contributed by atoms with Gasteiger partial charge in [-0.25, -0.2) is 9.97 Å². The molecule has 0 bridgehead atoms. The molecule has 0 saturated carbocycles. The molecule has 1 amide bonds. The minimum absolute atomic E-state index is 0.0509. The van der Waals surface area contributed by atoms with Gasteiger partial charge in [-0.05, 0) is 50.5 Å². The Morgan fingerprint density at radius 3 is 2.40 bits per heavy atom. The summed E-state index contributed by atoms with van der Waals surface area (Å²) >= 11 is 6.00. The Morgan fingerprint density at radius 1 is 1.12 bits per heavy atom. The van der Waals surface area contributed by atoms with Crippen LogP contribution < -0.4 is 5.32 Å². The van der Waals surface area contributed by atoms with Crippen molar-refractivity contribution >= 4 is 29.0 Å². The normalized spacial score (nSPS) is 10.6. The molecule has 2 rings (SSSR count). The average molecular weight is 361 g/mol. The second kappa shape index (κ2) is 8.81. The monoisotopic (exact) mass is 360 g/mol. The van der Waals surface area contributed by atoms with E-state index in [0.29, 0.717) is 22.4 Å². The summed E-state index contributed by atoms with van der Waals surface area (Å²) in [5.41, 5.74) is 2.33. The number of nitrogens with one attached hydrogen (secondary N) is 1. The van der Waals surface area contributed by atoms with E-state index in [4.69, 9.17) is 11.6 Å². The zero-order valence-corrected chi connectivity index (χ0v) is 16.0. The number of benzene rings is 1. The van der Waals surface area contributed by atoms with Gasteiger partial charge in [-0.15, -0.1) is 0 Å². The minimum Gasteiger partial charge on any atom is -0.340 e. The molecule has 1 N–H and O–H groups in total. The predicted octanol–water partition coefficient (Wildman–Crippen LogP) is 4.75. The lowest BCUT2D eigenvalue weighted by Gasteiger charge is -2.21. The topological polar surface area (TPSA) is 58.1 Å². The summed E-state index contributed by atoms with van der Waals surface area (Å²) < 4.78 is 0. The van der Waals surface area contributed by atoms with Gasteiger partial charge in [-0.1, -0.05) is 25.4 Å². The van der Waals surface area contributed by atoms with Crippen molar-refractivity contribution in [2.75, 3.05) is 18.4 Å². The molecular formula is C19H25ClN4O. The number of aryl methyl sites for hydroxylation is 2. The second-order valence-corrected chi connectivity index (χ2v) is 6.50. The molecule has 25 heavy (non-hydrogen) atoms. The Balaban J connectivity index is 2.28. The molecule has 134 valence electrons. The maximum Gasteiger partial charge on any atom is 0.272 e. The van der Waals surface area contributed by atoms with Gasteiger partial charge >= 0.3 is 0 Å². The summed E-state index contributed by atoms with van der Waals surface area (Å²) in [6, 6.07) is 7.31. The van der Waals surface area contributed by atoms with Gasteiger partial charge in [-0.2, -0.15) is 0 Å². The van der Waals surface area contributed by atoms with Gasteiger partial charge in [0.1, 0.15) is 17.3 Å². The highest BCUT2D eigenvalue weighted by Gasteiger charge is 2.17. The summed E-state index contributed by atoms with van der Waals surface area (Å²) in [5, 5.41) is 3.95. The van der Waals surface area contributed by atoms with Crippen LogP contribution in [0.3, 0.4) is 0 Å². The third-order valence-corrected chi connectivity index (χ3v) is 4.02. The number of hydrogen-bond acceptors (Lipinski definition) is 4. The van der Waals surface area contributed by atoms with Crippen LogP contribution in [0.4, 0.5) is 11.5 Å². The van der Waals surface area contributed by atoms with Gasteiger partial charge in [0.05, 0.1) is 0 Å². The molecule has 0 atom stereocenters. The van der Waals surface area contributed by atoms with E-state index in [2.05, 4.69) is 29.1 Å². The molecule has 0 spiro atoms. The first-order chi connectivity index (χ1) is 11.9. The van der Waals surface area contributed by atoms with Crippen molar-refractivity contribution in [2.24, 2.45) is 0 Å². The Kier molecular flexibility index (Phi) is 6.76. The SMILES string of the molecule is CCCN(CCC)C(=O)c1cc(Nc2ccc(Cl)cc2C)nc(C)n1. The fraction of sp³-hybridized carbons (Fsp3) is 0.421. The maximum absolute atomic E-state index is 12.8. The number of carbonyl (C=O) groups excluding carboxylic acids is 1. The van der Waals surface area contributed by atoms with Crippen molar-refractivity contribution in [1.29, 1.82) is 0 Å². The first-order valence-electron chi connectivity index (χ1n) is 8.62. The molecule has 0 radical (unpaired) electrons. The molecule has 5 nitrogen and oxygen atoms in total. The zero-order chi connectivity index (χ0) is 18.4. The van der Waals surface area contributed by atoms with Crippen molar-refractivity contribution in [3.63, 3.8) is 0 Å². The van der Waals surface area contributed by atoms with Gasteiger partial charge < -0.3 is 10.2 Å². The lowest BCUT2D eigenvalue weighted by atomic mass is 10.2. The molecule has 0 aliphatic carbocycles. The van der Waals surface area contributed by atoms with Gasteiger partial charge in [0.2, 0.25) is 0 Å². The van der Waals surface area contributed by atoms with E-state index in [9.17, 15) is 4.79 Å². The summed E-state index contributed by atoms with van der Waals surface area (Å²) in [7, 11) is 0. The number of hydrogen-bond donors (Lipinski definition) is 1. The number of rotatable bonds is 7. The number of aromatic nitrogens is 2. The van der Waals surface area contributed by atoms with Crippen LogP contribution in [0.1, 0.15) is 48.6 Å². The molecule has 1 aromatic heterocycles. The second-order valence-electron chi connectivity index (χ2n) is 6.06. The maximum atomic E-state index is 12.8. The number of carbonyl (C=O) groups is 1. The Morgan fingerprint density at radius 2 is 1.80 bits per heavy atom. The highest BCUT2D eigenvalue weighted by atomic mass is 35.5. The molecule has 0 unspecified atom stereocenters. The summed E-state index contributed by atoms with van der Waals surface area (Å²) in [6.07, 6.45) is 1.84. The van der Waals surface area contributed by atoms with E-state index >= 15 is 0 Å². The van der Waals surface area contributed by atoms with Crippen LogP contribution >= 0.6 is 11.6 Å². The lowest BCUT2D eigenvalue weighted by Crippen LogP contribution is -2.33. The summed E-state index contributed by atoms with van der Waals surface area (Å²) in [5.74, 6) is 1.12. The van der Waals surface area contributed by atoms with Crippen LogP contribution in [0.2, 0.25) is 5.02 Å². The molecule has 0 saturated heterocycles. The van der Waals surface area contributed by atoms with Crippen LogP contribution in [-0.2, 0) is 0 Å². The van der Waals surface area contributed by atoms with Crippen molar-refractivity contribution in [1.82, 2.24) is 14.9 Å².